The molecule has 3 atom stereocenters. The Morgan fingerprint density at radius 2 is 1.81 bits per heavy atom. The van der Waals surface area contributed by atoms with Gasteiger partial charge in [0.2, 0.25) is 11.8 Å². The Morgan fingerprint density at radius 3 is 2.56 bits per heavy atom. The smallest absolute Gasteiger partial charge is 0.234 e. The van der Waals surface area contributed by atoms with Crippen LogP contribution in [0.4, 0.5) is 0 Å². The second kappa shape index (κ2) is 2.84. The molecule has 0 unspecified atom stereocenters. The van der Waals surface area contributed by atoms with Gasteiger partial charge in [-0.25, -0.2) is 0 Å². The molecular formula is C13H15NO2. The molecule has 0 spiro atoms. The summed E-state index contributed by atoms with van der Waals surface area (Å²) in [4.78, 5) is 24.3. The highest BCUT2D eigenvalue weighted by atomic mass is 16.2. The molecule has 1 N–H and O–H groups in total. The molecule has 1 saturated heterocycles. The monoisotopic (exact) mass is 217 g/mol. The van der Waals surface area contributed by atoms with Gasteiger partial charge in [-0.1, -0.05) is 31.2 Å². The number of amides is 2. The molecule has 0 aromatic carbocycles. The van der Waals surface area contributed by atoms with Gasteiger partial charge in [0.1, 0.15) is 0 Å². The van der Waals surface area contributed by atoms with E-state index in [1.807, 2.05) is 19.1 Å². The van der Waals surface area contributed by atoms with Crippen LogP contribution < -0.4 is 5.32 Å². The lowest BCUT2D eigenvalue weighted by molar-refractivity contribution is -0.139. The third-order valence-corrected chi connectivity index (χ3v) is 4.66. The minimum atomic E-state index is -0.520. The van der Waals surface area contributed by atoms with Crippen molar-refractivity contribution >= 4 is 11.8 Å². The zero-order valence-corrected chi connectivity index (χ0v) is 9.32. The average molecular weight is 217 g/mol. The summed E-state index contributed by atoms with van der Waals surface area (Å²) >= 11 is 0. The van der Waals surface area contributed by atoms with Gasteiger partial charge in [0.25, 0.3) is 0 Å². The first-order valence-electron chi connectivity index (χ1n) is 5.81. The second-order valence-corrected chi connectivity index (χ2v) is 5.14. The van der Waals surface area contributed by atoms with Crippen LogP contribution in [0, 0.1) is 16.7 Å². The topological polar surface area (TPSA) is 46.2 Å². The molecule has 16 heavy (non-hydrogen) atoms. The van der Waals surface area contributed by atoms with E-state index in [0.717, 1.165) is 0 Å². The van der Waals surface area contributed by atoms with Gasteiger partial charge in [-0.05, 0) is 25.2 Å². The number of hydrogen-bond donors (Lipinski definition) is 1. The van der Waals surface area contributed by atoms with E-state index in [1.54, 1.807) is 0 Å². The fourth-order valence-corrected chi connectivity index (χ4v) is 3.70. The molecule has 3 heteroatoms. The average Bonchev–Trinajstić information content (AvgIpc) is 2.51. The number of nitrogens with one attached hydrogen (secondary N) is 1. The van der Waals surface area contributed by atoms with Gasteiger partial charge in [-0.15, -0.1) is 0 Å². The summed E-state index contributed by atoms with van der Waals surface area (Å²) in [6.07, 6.45) is 10.3. The van der Waals surface area contributed by atoms with Gasteiger partial charge in [0, 0.05) is 0 Å². The maximum atomic E-state index is 12.2. The van der Waals surface area contributed by atoms with Gasteiger partial charge in [-0.2, -0.15) is 0 Å². The van der Waals surface area contributed by atoms with Crippen molar-refractivity contribution in [2.45, 2.75) is 26.2 Å². The molecule has 2 aliphatic carbocycles. The summed E-state index contributed by atoms with van der Waals surface area (Å²) < 4.78 is 0. The van der Waals surface area contributed by atoms with Crippen molar-refractivity contribution in [3.8, 4) is 0 Å². The molecule has 3 aliphatic rings. The summed E-state index contributed by atoms with van der Waals surface area (Å²) in [6, 6.07) is 0. The molecule has 0 bridgehead atoms. The van der Waals surface area contributed by atoms with Gasteiger partial charge >= 0.3 is 0 Å². The predicted octanol–water partition coefficient (Wildman–Crippen LogP) is 1.56. The standard InChI is InChI=1S/C13H15NO2/c1-9-5-4-7-12-6-2-3-8-13(9,12)11(16)14-10(12)15/h2-5,9H,6-8H2,1H3,(H,14,15,16)/t9-,12+,13+/m1/s1. The molecule has 2 amide bonds. The van der Waals surface area contributed by atoms with Crippen LogP contribution in [-0.4, -0.2) is 11.8 Å². The Morgan fingerprint density at radius 1 is 1.12 bits per heavy atom. The Bertz CT molecular complexity index is 437. The van der Waals surface area contributed by atoms with E-state index in [-0.39, 0.29) is 17.7 Å². The molecule has 84 valence electrons. The molecule has 0 aromatic heterocycles. The van der Waals surface area contributed by atoms with Crippen LogP contribution in [-0.2, 0) is 9.59 Å². The van der Waals surface area contributed by atoms with Gasteiger partial charge in [0.15, 0.2) is 0 Å². The maximum absolute atomic E-state index is 12.2. The van der Waals surface area contributed by atoms with E-state index in [4.69, 9.17) is 0 Å². The highest BCUT2D eigenvalue weighted by Gasteiger charge is 2.67. The lowest BCUT2D eigenvalue weighted by atomic mass is 9.51. The molecular weight excluding hydrogens is 202 g/mol. The number of imide groups is 1. The number of carbonyl (C=O) groups is 2. The molecule has 3 nitrogen and oxygen atoms in total. The summed E-state index contributed by atoms with van der Waals surface area (Å²) in [6.45, 7) is 2.04. The van der Waals surface area contributed by atoms with Crippen LogP contribution in [0.25, 0.3) is 0 Å². The Labute approximate surface area is 94.6 Å². The summed E-state index contributed by atoms with van der Waals surface area (Å²) in [5.74, 6) is -0.00519. The van der Waals surface area contributed by atoms with Gasteiger partial charge in [-0.3, -0.25) is 14.9 Å². The minimum absolute atomic E-state index is 0.0706. The van der Waals surface area contributed by atoms with Crippen molar-refractivity contribution in [1.29, 1.82) is 0 Å². The summed E-state index contributed by atoms with van der Waals surface area (Å²) in [5.41, 5.74) is -1.03. The molecule has 3 rings (SSSR count). The van der Waals surface area contributed by atoms with Crippen molar-refractivity contribution in [3.05, 3.63) is 24.3 Å². The Kier molecular flexibility index (Phi) is 1.74. The zero-order valence-electron chi connectivity index (χ0n) is 9.32. The normalized spacial score (nSPS) is 45.2. The van der Waals surface area contributed by atoms with Crippen molar-refractivity contribution in [1.82, 2.24) is 5.32 Å². The predicted molar refractivity (Wildman–Crippen MR) is 59.3 cm³/mol. The van der Waals surface area contributed by atoms with Crippen LogP contribution in [0.3, 0.4) is 0 Å². The van der Waals surface area contributed by atoms with E-state index in [2.05, 4.69) is 17.5 Å². The van der Waals surface area contributed by atoms with Crippen LogP contribution in [0.2, 0.25) is 0 Å². The highest BCUT2D eigenvalue weighted by molar-refractivity contribution is 6.10. The third kappa shape index (κ3) is 0.819. The van der Waals surface area contributed by atoms with E-state index in [0.29, 0.717) is 19.3 Å². The fourth-order valence-electron chi connectivity index (χ4n) is 3.70. The van der Waals surface area contributed by atoms with Crippen LogP contribution in [0.15, 0.2) is 24.3 Å². The van der Waals surface area contributed by atoms with Crippen LogP contribution in [0.1, 0.15) is 26.2 Å². The molecule has 1 heterocycles. The van der Waals surface area contributed by atoms with Crippen molar-refractivity contribution in [2.24, 2.45) is 16.7 Å². The van der Waals surface area contributed by atoms with Crippen molar-refractivity contribution < 1.29 is 9.59 Å². The summed E-state index contributed by atoms with van der Waals surface area (Å²) in [5, 5.41) is 2.55. The third-order valence-electron chi connectivity index (χ3n) is 4.66. The second-order valence-electron chi connectivity index (χ2n) is 5.14. The first kappa shape index (κ1) is 9.82. The lowest BCUT2D eigenvalue weighted by Gasteiger charge is -2.48. The number of hydrogen-bond acceptors (Lipinski definition) is 2. The molecule has 0 saturated carbocycles. The van der Waals surface area contributed by atoms with Gasteiger partial charge < -0.3 is 0 Å². The van der Waals surface area contributed by atoms with E-state index in [1.165, 1.54) is 0 Å². The van der Waals surface area contributed by atoms with E-state index in [9.17, 15) is 9.59 Å². The van der Waals surface area contributed by atoms with Crippen LogP contribution >= 0.6 is 0 Å². The number of carbonyl (C=O) groups excluding carboxylic acids is 2. The van der Waals surface area contributed by atoms with Crippen molar-refractivity contribution in [3.63, 3.8) is 0 Å². The minimum Gasteiger partial charge on any atom is -0.295 e. The Hall–Kier alpha value is -1.38. The van der Waals surface area contributed by atoms with E-state index >= 15 is 0 Å². The first-order valence-corrected chi connectivity index (χ1v) is 5.81. The van der Waals surface area contributed by atoms with Crippen molar-refractivity contribution in [2.75, 3.05) is 0 Å². The van der Waals surface area contributed by atoms with Gasteiger partial charge in [0.05, 0.1) is 10.8 Å². The maximum Gasteiger partial charge on any atom is 0.234 e. The Balaban J connectivity index is 2.26. The SMILES string of the molecule is C[C@@H]1C=CC[C@]23CC=CC[C@@]12C(=O)NC3=O. The lowest BCUT2D eigenvalue weighted by Crippen LogP contribution is -2.51. The first-order chi connectivity index (χ1) is 7.63. The van der Waals surface area contributed by atoms with E-state index < -0.39 is 10.8 Å². The van der Waals surface area contributed by atoms with Crippen LogP contribution in [0.5, 0.6) is 0 Å². The number of allylic oxidation sites excluding steroid dienone is 4. The molecule has 0 aromatic rings. The fraction of sp³-hybridized carbons (Fsp3) is 0.538. The zero-order chi connectivity index (χ0) is 11.4. The largest absolute Gasteiger partial charge is 0.295 e. The quantitative estimate of drug-likeness (QED) is 0.494. The highest BCUT2D eigenvalue weighted by Crippen LogP contribution is 2.60. The molecule has 1 fully saturated rings. The number of rotatable bonds is 0. The summed E-state index contributed by atoms with van der Waals surface area (Å²) in [7, 11) is 0. The molecule has 1 aliphatic heterocycles. The molecule has 0 radical (unpaired) electrons.